The number of aliphatic hydroxyl groups excluding tert-OH is 1. The summed E-state index contributed by atoms with van der Waals surface area (Å²) < 4.78 is 31.4. The quantitative estimate of drug-likeness (QED) is 0.270. The van der Waals surface area contributed by atoms with Crippen LogP contribution in [0.15, 0.2) is 42.7 Å². The van der Waals surface area contributed by atoms with Crippen molar-refractivity contribution in [2.45, 2.75) is 129 Å². The van der Waals surface area contributed by atoms with Gasteiger partial charge in [-0.25, -0.2) is 4.79 Å². The van der Waals surface area contributed by atoms with E-state index in [1.165, 1.54) is 6.92 Å². The van der Waals surface area contributed by atoms with Crippen molar-refractivity contribution in [1.29, 1.82) is 0 Å². The molecule has 13 heteroatoms. The van der Waals surface area contributed by atoms with Gasteiger partial charge in [-0.2, -0.15) is 0 Å². The van der Waals surface area contributed by atoms with Crippen molar-refractivity contribution in [2.24, 2.45) is 23.7 Å². The van der Waals surface area contributed by atoms with Crippen LogP contribution < -0.4 is 5.32 Å². The van der Waals surface area contributed by atoms with Gasteiger partial charge in [-0.05, 0) is 66.4 Å². The fourth-order valence-corrected chi connectivity index (χ4v) is 8.81. The number of hydrogen-bond acceptors (Lipinski definition) is 12. The van der Waals surface area contributed by atoms with Crippen LogP contribution in [0, 0.1) is 23.7 Å². The molecule has 0 radical (unpaired) electrons. The first-order valence-electron chi connectivity index (χ1n) is 19.5. The van der Waals surface area contributed by atoms with Crippen LogP contribution in [0.25, 0.3) is 16.8 Å². The molecule has 3 saturated heterocycles. The monoisotopic (exact) mass is 765 g/mol. The molecule has 55 heavy (non-hydrogen) atoms. The number of likely N-dealkylation sites (N-methyl/N-ethyl adjacent to an activating group) is 1. The molecule has 0 aliphatic carbocycles. The van der Waals surface area contributed by atoms with Gasteiger partial charge in [0.1, 0.15) is 23.9 Å². The van der Waals surface area contributed by atoms with Crippen molar-refractivity contribution in [1.82, 2.24) is 15.2 Å². The predicted molar refractivity (Wildman–Crippen MR) is 206 cm³/mol. The zero-order chi connectivity index (χ0) is 40.4. The summed E-state index contributed by atoms with van der Waals surface area (Å²) in [5.74, 6) is -5.13. The van der Waals surface area contributed by atoms with Gasteiger partial charge in [0.25, 0.3) is 0 Å². The van der Waals surface area contributed by atoms with Gasteiger partial charge < -0.3 is 39.0 Å². The van der Waals surface area contributed by atoms with Crippen LogP contribution in [0.4, 0.5) is 4.79 Å². The Balaban J connectivity index is 1.57. The molecule has 1 aromatic carbocycles. The Kier molecular flexibility index (Phi) is 13.2. The van der Waals surface area contributed by atoms with Crippen LogP contribution in [-0.2, 0) is 38.1 Å². The van der Waals surface area contributed by atoms with E-state index in [0.29, 0.717) is 6.42 Å². The molecule has 302 valence electrons. The van der Waals surface area contributed by atoms with Gasteiger partial charge in [0.15, 0.2) is 17.7 Å². The highest BCUT2D eigenvalue weighted by Gasteiger charge is 2.57. The van der Waals surface area contributed by atoms with Gasteiger partial charge in [-0.15, -0.1) is 0 Å². The van der Waals surface area contributed by atoms with Crippen LogP contribution in [0.1, 0.15) is 80.2 Å². The van der Waals surface area contributed by atoms with E-state index in [4.69, 9.17) is 23.7 Å². The summed E-state index contributed by atoms with van der Waals surface area (Å²) in [6, 6.07) is 6.78. The highest BCUT2D eigenvalue weighted by atomic mass is 16.7. The molecular formula is C42H59N3O10. The molecule has 2 aromatic rings. The maximum absolute atomic E-state index is 14.4. The fourth-order valence-electron chi connectivity index (χ4n) is 8.81. The van der Waals surface area contributed by atoms with Crippen molar-refractivity contribution in [3.8, 4) is 0 Å². The maximum atomic E-state index is 14.4. The summed E-state index contributed by atoms with van der Waals surface area (Å²) in [6.07, 6.45) is 2.94. The number of rotatable bonds is 8. The van der Waals surface area contributed by atoms with E-state index in [9.17, 15) is 24.3 Å². The molecule has 0 unspecified atom stereocenters. The number of nitrogens with one attached hydrogen (secondary N) is 1. The zero-order valence-electron chi connectivity index (χ0n) is 33.8. The number of esters is 1. The molecule has 3 aliphatic heterocycles. The number of benzene rings is 1. The summed E-state index contributed by atoms with van der Waals surface area (Å²) in [5.41, 5.74) is -1.85. The molecule has 3 aliphatic rings. The van der Waals surface area contributed by atoms with Crippen molar-refractivity contribution in [2.75, 3.05) is 20.7 Å². The second-order valence-corrected chi connectivity index (χ2v) is 16.3. The van der Waals surface area contributed by atoms with Crippen molar-refractivity contribution in [3.05, 3.63) is 48.3 Å². The number of aromatic nitrogens is 1. The van der Waals surface area contributed by atoms with Crippen LogP contribution >= 0.6 is 0 Å². The molecule has 3 fully saturated rings. The van der Waals surface area contributed by atoms with Gasteiger partial charge in [0.05, 0.1) is 30.5 Å². The number of cyclic esters (lactones) is 1. The van der Waals surface area contributed by atoms with Gasteiger partial charge >= 0.3 is 12.1 Å². The SMILES string of the molecule is CC[C@H]1OC(=O)[C@H](C)C(=O)[C@H](C)[C@@H](O[C@@H]2O[C@H](C)C[C@H](N(C)C)[C@H]2O)[C@](C)(OC/C=C/c2cncc3ccccc23)C[C@@H](C)C(=O)[C@H](C)[C@H]2NC(=O)O[C@@]21C. The number of alkyl carbamates (subject to hydrolysis) is 1. The summed E-state index contributed by atoms with van der Waals surface area (Å²) in [6.45, 7) is 13.9. The largest absolute Gasteiger partial charge is 0.458 e. The zero-order valence-corrected chi connectivity index (χ0v) is 33.8. The Labute approximate surface area is 324 Å². The molecule has 4 heterocycles. The van der Waals surface area contributed by atoms with Crippen molar-refractivity contribution < 1.29 is 48.0 Å². The molecule has 0 spiro atoms. The second kappa shape index (κ2) is 17.2. The lowest BCUT2D eigenvalue weighted by molar-refractivity contribution is -0.296. The number of Topliss-reactive ketones (excluding diaryl/α,β-unsaturated/α-hetero) is 2. The first-order chi connectivity index (χ1) is 25.9. The Morgan fingerprint density at radius 3 is 2.42 bits per heavy atom. The number of pyridine rings is 1. The smallest absolute Gasteiger partial charge is 0.408 e. The topological polar surface area (TPSA) is 163 Å². The lowest BCUT2D eigenvalue weighted by Crippen LogP contribution is -2.60. The normalized spacial score (nSPS) is 38.1. The molecule has 13 nitrogen and oxygen atoms in total. The van der Waals surface area contributed by atoms with E-state index in [1.807, 2.05) is 62.3 Å². The predicted octanol–water partition coefficient (Wildman–Crippen LogP) is 5.11. The lowest BCUT2D eigenvalue weighted by atomic mass is 9.73. The minimum atomic E-state index is -1.38. The Morgan fingerprint density at radius 2 is 1.73 bits per heavy atom. The molecule has 1 aromatic heterocycles. The average molecular weight is 766 g/mol. The molecular weight excluding hydrogens is 706 g/mol. The minimum absolute atomic E-state index is 0.0577. The third kappa shape index (κ3) is 8.81. The third-order valence-electron chi connectivity index (χ3n) is 12.0. The molecule has 1 amide bonds. The Morgan fingerprint density at radius 1 is 1.02 bits per heavy atom. The first-order valence-corrected chi connectivity index (χ1v) is 19.5. The van der Waals surface area contributed by atoms with Crippen LogP contribution in [0.3, 0.4) is 0 Å². The Hall–Kier alpha value is -3.75. The fraction of sp³-hybridized carbons (Fsp3) is 0.643. The second-order valence-electron chi connectivity index (χ2n) is 16.3. The number of ketones is 2. The van der Waals surface area contributed by atoms with E-state index in [0.717, 1.165) is 16.3 Å². The van der Waals surface area contributed by atoms with Crippen molar-refractivity contribution >= 4 is 40.5 Å². The number of carbonyl (C=O) groups excluding carboxylic acids is 4. The number of aliphatic hydroxyl groups is 1. The highest BCUT2D eigenvalue weighted by Crippen LogP contribution is 2.40. The lowest BCUT2D eigenvalue weighted by Gasteiger charge is -2.47. The van der Waals surface area contributed by atoms with Gasteiger partial charge in [-0.3, -0.25) is 19.4 Å². The number of fused-ring (bicyclic) bond motifs is 2. The van der Waals surface area contributed by atoms with Crippen LogP contribution in [0.5, 0.6) is 0 Å². The third-order valence-corrected chi connectivity index (χ3v) is 12.0. The van der Waals surface area contributed by atoms with Crippen molar-refractivity contribution in [3.63, 3.8) is 0 Å². The highest BCUT2D eigenvalue weighted by molar-refractivity contribution is 6.00. The maximum Gasteiger partial charge on any atom is 0.408 e. The Bertz CT molecular complexity index is 1750. The van der Waals surface area contributed by atoms with E-state index in [2.05, 4.69) is 10.3 Å². The van der Waals surface area contributed by atoms with E-state index < -0.39 is 83.4 Å². The van der Waals surface area contributed by atoms with E-state index >= 15 is 0 Å². The van der Waals surface area contributed by atoms with Crippen LogP contribution in [0.2, 0.25) is 0 Å². The summed E-state index contributed by atoms with van der Waals surface area (Å²) in [4.78, 5) is 61.7. The van der Waals surface area contributed by atoms with Gasteiger partial charge in [0, 0.05) is 47.1 Å². The molecule has 0 bridgehead atoms. The van der Waals surface area contributed by atoms with Gasteiger partial charge in [-0.1, -0.05) is 64.1 Å². The van der Waals surface area contributed by atoms with E-state index in [-0.39, 0.29) is 37.4 Å². The molecule has 0 saturated carbocycles. The van der Waals surface area contributed by atoms with Crippen LogP contribution in [-0.4, -0.2) is 113 Å². The number of nitrogens with zero attached hydrogens (tertiary/aromatic N) is 2. The molecule has 13 atom stereocenters. The molecule has 2 N–H and O–H groups in total. The number of carbonyl (C=O) groups is 4. The summed E-state index contributed by atoms with van der Waals surface area (Å²) in [7, 11) is 3.74. The standard InChI is InChI=1S/C42H59N3O10/c1-11-32-42(8)36(44-40(50)55-42)25(4)33(46)23(2)20-41(7,51-18-14-16-29-22-43-21-28-15-12-13-17-30(28)29)37(26(5)34(47)27(6)38(49)53-32)54-39-35(48)31(45(9)10)19-24(3)52-39/h12-17,21-27,31-32,35-37,39,48H,11,18-20H2,1-10H3,(H,44,50)/b16-14+/t23-,24-,25+,26+,27-,31+,32-,35-,36-,37-,39+,41-,42-/m1/s1. The average Bonchev–Trinajstić information content (AvgIpc) is 3.47. The number of amides is 1. The number of ether oxygens (including phenoxy) is 5. The van der Waals surface area contributed by atoms with Gasteiger partial charge in [0.2, 0.25) is 0 Å². The number of hydrogen-bond donors (Lipinski definition) is 2. The minimum Gasteiger partial charge on any atom is -0.458 e. The van der Waals surface area contributed by atoms with E-state index in [1.54, 1.807) is 53.9 Å². The molecule has 5 rings (SSSR count). The summed E-state index contributed by atoms with van der Waals surface area (Å²) >= 11 is 0. The summed E-state index contributed by atoms with van der Waals surface area (Å²) in [5, 5.41) is 16.4. The first kappa shape index (κ1) is 42.4.